The molecule has 0 saturated carbocycles. The van der Waals surface area contributed by atoms with E-state index in [1.165, 1.54) is 11.1 Å². The third-order valence-corrected chi connectivity index (χ3v) is 12.1. The molecule has 4 heterocycles. The summed E-state index contributed by atoms with van der Waals surface area (Å²) in [4.78, 5) is 19.9. The predicted octanol–water partition coefficient (Wildman–Crippen LogP) is 14.7. The lowest BCUT2D eigenvalue weighted by molar-refractivity contribution is 0.477. The van der Waals surface area contributed by atoms with Crippen molar-refractivity contribution in [1.82, 2.24) is 24.5 Å². The molecule has 10 rings (SSSR count). The van der Waals surface area contributed by atoms with E-state index in [-0.39, 0.29) is 16.6 Å². The second kappa shape index (κ2) is 15.9. The highest BCUT2D eigenvalue weighted by Crippen LogP contribution is 2.39. The molecule has 6 nitrogen and oxygen atoms in total. The van der Waals surface area contributed by atoms with E-state index in [1.807, 2.05) is 36.4 Å². The standard InChI is InChI=1S/C58H49N5O/c1-57(2,3)43-29-41(30-44(34-43)58(4,5)6)42-31-51(62-52(32-42)47-21-11-13-25-55(47)64)39-19-14-18-38(28-39)48-22-15-23-49(61-48)40-26-27-46-45-20-10-12-24-53(45)63(54(46)33-40)56-35-50(59-36-60-56)37-16-8-7-9-17-37/h7-36,64H,1-6H3. The maximum Gasteiger partial charge on any atom is 0.141 e. The van der Waals surface area contributed by atoms with Gasteiger partial charge in [-0.25, -0.2) is 19.9 Å². The fourth-order valence-electron chi connectivity index (χ4n) is 8.54. The average Bonchev–Trinajstić information content (AvgIpc) is 3.65. The zero-order valence-corrected chi connectivity index (χ0v) is 37.0. The number of aromatic nitrogens is 5. The Morgan fingerprint density at radius 1 is 0.391 bits per heavy atom. The smallest absolute Gasteiger partial charge is 0.141 e. The molecule has 1 N–H and O–H groups in total. The summed E-state index contributed by atoms with van der Waals surface area (Å²) in [5.74, 6) is 0.995. The first-order valence-electron chi connectivity index (χ1n) is 21.8. The number of benzene rings is 6. The predicted molar refractivity (Wildman–Crippen MR) is 264 cm³/mol. The van der Waals surface area contributed by atoms with Crippen molar-refractivity contribution in [3.05, 3.63) is 193 Å². The number of phenolic OH excluding ortho intramolecular Hbond substituents is 1. The molecule has 0 amide bonds. The van der Waals surface area contributed by atoms with Crippen molar-refractivity contribution >= 4 is 21.8 Å². The van der Waals surface area contributed by atoms with Crippen LogP contribution in [0, 0.1) is 0 Å². The van der Waals surface area contributed by atoms with Crippen molar-refractivity contribution in [3.8, 4) is 79.0 Å². The summed E-state index contributed by atoms with van der Waals surface area (Å²) < 4.78 is 2.23. The number of hydrogen-bond donors (Lipinski definition) is 1. The summed E-state index contributed by atoms with van der Waals surface area (Å²) in [6.45, 7) is 13.6. The Bertz CT molecular complexity index is 3340. The zero-order chi connectivity index (χ0) is 44.2. The first kappa shape index (κ1) is 40.4. The van der Waals surface area contributed by atoms with Crippen molar-refractivity contribution in [1.29, 1.82) is 0 Å². The summed E-state index contributed by atoms with van der Waals surface area (Å²) in [5.41, 5.74) is 15.5. The Hall–Kier alpha value is -7.70. The van der Waals surface area contributed by atoms with Crippen LogP contribution in [0.1, 0.15) is 52.7 Å². The van der Waals surface area contributed by atoms with Gasteiger partial charge in [0.15, 0.2) is 0 Å². The Kier molecular flexibility index (Phi) is 10.0. The van der Waals surface area contributed by atoms with Crippen LogP contribution >= 0.6 is 0 Å². The van der Waals surface area contributed by atoms with Crippen LogP contribution < -0.4 is 0 Å². The van der Waals surface area contributed by atoms with E-state index in [1.54, 1.807) is 12.4 Å². The molecule has 64 heavy (non-hydrogen) atoms. The van der Waals surface area contributed by atoms with Crippen LogP contribution in [0.4, 0.5) is 0 Å². The van der Waals surface area contributed by atoms with Crippen LogP contribution in [-0.4, -0.2) is 29.6 Å². The maximum atomic E-state index is 11.1. The van der Waals surface area contributed by atoms with Gasteiger partial charge in [-0.2, -0.15) is 0 Å². The summed E-state index contributed by atoms with van der Waals surface area (Å²) in [6.07, 6.45) is 1.65. The molecule has 312 valence electrons. The van der Waals surface area contributed by atoms with Gasteiger partial charge in [-0.3, -0.25) is 4.57 Å². The van der Waals surface area contributed by atoms with Crippen molar-refractivity contribution in [2.24, 2.45) is 0 Å². The number of rotatable bonds is 7. The number of nitrogens with zero attached hydrogens (tertiary/aromatic N) is 5. The summed E-state index contributed by atoms with van der Waals surface area (Å²) in [6, 6.07) is 60.6. The molecule has 6 aromatic carbocycles. The molecular formula is C58H49N5O. The number of aromatic hydroxyl groups is 1. The highest BCUT2D eigenvalue weighted by Gasteiger charge is 2.22. The summed E-state index contributed by atoms with van der Waals surface area (Å²) >= 11 is 0. The highest BCUT2D eigenvalue weighted by molar-refractivity contribution is 6.10. The van der Waals surface area contributed by atoms with Crippen LogP contribution in [0.3, 0.4) is 0 Å². The molecule has 0 bridgehead atoms. The van der Waals surface area contributed by atoms with Gasteiger partial charge in [0.2, 0.25) is 0 Å². The van der Waals surface area contributed by atoms with E-state index < -0.39 is 0 Å². The van der Waals surface area contributed by atoms with Gasteiger partial charge in [0.1, 0.15) is 17.9 Å². The molecule has 0 radical (unpaired) electrons. The molecule has 4 aromatic heterocycles. The fraction of sp³-hybridized carbons (Fsp3) is 0.138. The highest BCUT2D eigenvalue weighted by atomic mass is 16.3. The van der Waals surface area contributed by atoms with Gasteiger partial charge in [-0.05, 0) is 87.7 Å². The van der Waals surface area contributed by atoms with Crippen LogP contribution in [-0.2, 0) is 10.8 Å². The molecule has 0 fully saturated rings. The summed E-state index contributed by atoms with van der Waals surface area (Å²) in [7, 11) is 0. The molecule has 0 atom stereocenters. The normalized spacial score (nSPS) is 12.0. The Morgan fingerprint density at radius 2 is 0.969 bits per heavy atom. The molecule has 0 unspecified atom stereocenters. The largest absolute Gasteiger partial charge is 0.507 e. The molecule has 0 saturated heterocycles. The van der Waals surface area contributed by atoms with Gasteiger partial charge in [0.25, 0.3) is 0 Å². The van der Waals surface area contributed by atoms with Crippen molar-refractivity contribution in [3.63, 3.8) is 0 Å². The first-order valence-corrected chi connectivity index (χ1v) is 21.8. The van der Waals surface area contributed by atoms with Crippen LogP contribution in [0.25, 0.3) is 95.0 Å². The number of phenols is 1. The average molecular weight is 832 g/mol. The van der Waals surface area contributed by atoms with Crippen molar-refractivity contribution in [2.45, 2.75) is 52.4 Å². The van der Waals surface area contributed by atoms with Gasteiger partial charge in [0.05, 0.1) is 39.5 Å². The van der Waals surface area contributed by atoms with Crippen LogP contribution in [0.15, 0.2) is 182 Å². The molecule has 6 heteroatoms. The lowest BCUT2D eigenvalue weighted by Gasteiger charge is -2.26. The molecule has 0 aliphatic rings. The third kappa shape index (κ3) is 7.73. The number of hydrogen-bond acceptors (Lipinski definition) is 5. The quantitative estimate of drug-likeness (QED) is 0.173. The Labute approximate surface area is 374 Å². The summed E-state index contributed by atoms with van der Waals surface area (Å²) in [5, 5.41) is 13.4. The van der Waals surface area contributed by atoms with Crippen LogP contribution in [0.5, 0.6) is 5.75 Å². The maximum absolute atomic E-state index is 11.1. The topological polar surface area (TPSA) is 76.7 Å². The minimum atomic E-state index is -0.0458. The third-order valence-electron chi connectivity index (χ3n) is 12.1. The number of fused-ring (bicyclic) bond motifs is 3. The molecule has 0 aliphatic heterocycles. The second-order valence-electron chi connectivity index (χ2n) is 18.6. The molecule has 0 aliphatic carbocycles. The van der Waals surface area contributed by atoms with Crippen molar-refractivity contribution in [2.75, 3.05) is 0 Å². The SMILES string of the molecule is CC(C)(C)c1cc(-c2cc(-c3cccc(-c4cccc(-c5ccc6c7ccccc7n(-c7cc(-c8ccccc8)ncn7)c6c5)n4)c3)nc(-c3ccccc3O)c2)cc(C(C)(C)C)c1. The minimum Gasteiger partial charge on any atom is -0.507 e. The van der Waals surface area contributed by atoms with Gasteiger partial charge < -0.3 is 5.11 Å². The number of pyridine rings is 2. The molecule has 10 aromatic rings. The Morgan fingerprint density at radius 3 is 1.70 bits per heavy atom. The lowest BCUT2D eigenvalue weighted by atomic mass is 9.79. The van der Waals surface area contributed by atoms with E-state index in [0.717, 1.165) is 83.8 Å². The molecule has 0 spiro atoms. The number of para-hydroxylation sites is 2. The molecular weight excluding hydrogens is 783 g/mol. The van der Waals surface area contributed by atoms with Crippen molar-refractivity contribution < 1.29 is 5.11 Å². The van der Waals surface area contributed by atoms with Gasteiger partial charge in [-0.15, -0.1) is 0 Å². The van der Waals surface area contributed by atoms with Gasteiger partial charge >= 0.3 is 0 Å². The Balaban J connectivity index is 1.07. The van der Waals surface area contributed by atoms with Gasteiger partial charge in [-0.1, -0.05) is 157 Å². The van der Waals surface area contributed by atoms with Crippen LogP contribution in [0.2, 0.25) is 0 Å². The fourth-order valence-corrected chi connectivity index (χ4v) is 8.54. The lowest BCUT2D eigenvalue weighted by Crippen LogP contribution is -2.16. The first-order chi connectivity index (χ1) is 30.9. The monoisotopic (exact) mass is 831 g/mol. The van der Waals surface area contributed by atoms with E-state index in [4.69, 9.17) is 15.0 Å². The van der Waals surface area contributed by atoms with E-state index >= 15 is 0 Å². The van der Waals surface area contributed by atoms with E-state index in [2.05, 4.69) is 185 Å². The minimum absolute atomic E-state index is 0.0458. The zero-order valence-electron chi connectivity index (χ0n) is 37.0. The van der Waals surface area contributed by atoms with Gasteiger partial charge in [0, 0.05) is 44.7 Å². The van der Waals surface area contributed by atoms with E-state index in [0.29, 0.717) is 11.3 Å². The second-order valence-corrected chi connectivity index (χ2v) is 18.6. The van der Waals surface area contributed by atoms with E-state index in [9.17, 15) is 5.11 Å².